The van der Waals surface area contributed by atoms with Gasteiger partial charge in [-0.3, -0.25) is 9.59 Å². The van der Waals surface area contributed by atoms with Gasteiger partial charge in [-0.2, -0.15) is 0 Å². The van der Waals surface area contributed by atoms with Gasteiger partial charge in [0.15, 0.2) is 10.9 Å². The smallest absolute Gasteiger partial charge is 0.234 e. The van der Waals surface area contributed by atoms with Crippen molar-refractivity contribution in [1.29, 1.82) is 0 Å². The molecule has 3 rings (SSSR count). The Balaban J connectivity index is 1.50. The maximum absolute atomic E-state index is 12.2. The predicted octanol–water partition coefficient (Wildman–Crippen LogP) is 3.53. The van der Waals surface area contributed by atoms with E-state index in [1.54, 1.807) is 24.3 Å². The Morgan fingerprint density at radius 2 is 1.71 bits per heavy atom. The lowest BCUT2D eigenvalue weighted by molar-refractivity contribution is -0.113. The average molecular weight is 395 g/mol. The number of nitrogens with zero attached hydrogens (tertiary/aromatic N) is 3. The molecule has 0 radical (unpaired) electrons. The maximum atomic E-state index is 12.2. The lowest BCUT2D eigenvalue weighted by Gasteiger charge is -2.06. The van der Waals surface area contributed by atoms with Crippen molar-refractivity contribution in [2.75, 3.05) is 11.1 Å². The Kier molecular flexibility index (Phi) is 6.60. The Labute approximate surface area is 168 Å². The number of aryl methyl sites for hydroxylation is 2. The highest BCUT2D eigenvalue weighted by molar-refractivity contribution is 7.99. The number of nitrogens with one attached hydrogen (secondary N) is 1. The number of aromatic nitrogens is 3. The van der Waals surface area contributed by atoms with Crippen molar-refractivity contribution < 1.29 is 9.59 Å². The summed E-state index contributed by atoms with van der Waals surface area (Å²) in [6.45, 7) is 1.51. The Morgan fingerprint density at radius 3 is 2.39 bits per heavy atom. The Bertz CT molecular complexity index is 952. The molecule has 3 aromatic rings. The number of ketones is 1. The summed E-state index contributed by atoms with van der Waals surface area (Å²) >= 11 is 1.35. The molecule has 1 N–H and O–H groups in total. The van der Waals surface area contributed by atoms with Crippen LogP contribution in [0.1, 0.15) is 28.7 Å². The van der Waals surface area contributed by atoms with E-state index in [0.717, 1.165) is 18.7 Å². The summed E-state index contributed by atoms with van der Waals surface area (Å²) in [5.74, 6) is 0.999. The first kappa shape index (κ1) is 19.8. The standard InChI is InChI=1S/C21H22N4O2S/c1-15(26)17-9-11-18(12-10-17)22-20(27)14-28-21-24-23-19(25(21)2)13-8-16-6-4-3-5-7-16/h3-7,9-12H,8,13-14H2,1-2H3,(H,22,27). The third-order valence-electron chi connectivity index (χ3n) is 4.31. The lowest BCUT2D eigenvalue weighted by atomic mass is 10.1. The number of anilines is 1. The quantitative estimate of drug-likeness (QED) is 0.467. The van der Waals surface area contributed by atoms with E-state index in [-0.39, 0.29) is 17.4 Å². The average Bonchev–Trinajstić information content (AvgIpc) is 3.05. The van der Waals surface area contributed by atoms with E-state index in [9.17, 15) is 9.59 Å². The van der Waals surface area contributed by atoms with E-state index in [0.29, 0.717) is 16.4 Å². The molecule has 0 atom stereocenters. The number of hydrogen-bond acceptors (Lipinski definition) is 5. The van der Waals surface area contributed by atoms with E-state index in [1.165, 1.54) is 24.2 Å². The predicted molar refractivity (Wildman–Crippen MR) is 111 cm³/mol. The first-order valence-electron chi connectivity index (χ1n) is 8.99. The monoisotopic (exact) mass is 394 g/mol. The summed E-state index contributed by atoms with van der Waals surface area (Å²) in [7, 11) is 1.92. The minimum absolute atomic E-state index is 0.00113. The molecule has 1 heterocycles. The highest BCUT2D eigenvalue weighted by Crippen LogP contribution is 2.18. The van der Waals surface area contributed by atoms with Crippen LogP contribution in [0.5, 0.6) is 0 Å². The van der Waals surface area contributed by atoms with Crippen LogP contribution in [0, 0.1) is 0 Å². The van der Waals surface area contributed by atoms with Crippen LogP contribution in [0.15, 0.2) is 59.8 Å². The number of carbonyl (C=O) groups excluding carboxylic acids is 2. The number of carbonyl (C=O) groups is 2. The molecule has 7 heteroatoms. The van der Waals surface area contributed by atoms with Gasteiger partial charge in [-0.25, -0.2) is 0 Å². The highest BCUT2D eigenvalue weighted by atomic mass is 32.2. The molecule has 6 nitrogen and oxygen atoms in total. The van der Waals surface area contributed by atoms with Gasteiger partial charge in [0.25, 0.3) is 0 Å². The van der Waals surface area contributed by atoms with Crippen LogP contribution in [0.3, 0.4) is 0 Å². The SMILES string of the molecule is CC(=O)c1ccc(NC(=O)CSc2nnc(CCc3ccccc3)n2C)cc1. The molecule has 144 valence electrons. The van der Waals surface area contributed by atoms with Gasteiger partial charge in [0, 0.05) is 24.7 Å². The number of Topliss-reactive ketones (excluding diaryl/α,β-unsaturated/α-hetero) is 1. The van der Waals surface area contributed by atoms with Crippen LogP contribution in [0.4, 0.5) is 5.69 Å². The maximum Gasteiger partial charge on any atom is 0.234 e. The zero-order valence-corrected chi connectivity index (χ0v) is 16.7. The molecule has 0 unspecified atom stereocenters. The van der Waals surface area contributed by atoms with Gasteiger partial charge in [0.05, 0.1) is 5.75 Å². The minimum Gasteiger partial charge on any atom is -0.325 e. The van der Waals surface area contributed by atoms with Crippen molar-refractivity contribution in [3.8, 4) is 0 Å². The Morgan fingerprint density at radius 1 is 1.00 bits per heavy atom. The number of rotatable bonds is 8. The zero-order valence-electron chi connectivity index (χ0n) is 15.9. The topological polar surface area (TPSA) is 76.9 Å². The van der Waals surface area contributed by atoms with E-state index < -0.39 is 0 Å². The van der Waals surface area contributed by atoms with E-state index in [4.69, 9.17) is 0 Å². The van der Waals surface area contributed by atoms with Crippen LogP contribution >= 0.6 is 11.8 Å². The molecular formula is C21H22N4O2S. The lowest BCUT2D eigenvalue weighted by Crippen LogP contribution is -2.14. The molecule has 2 aromatic carbocycles. The first-order chi connectivity index (χ1) is 13.5. The number of benzene rings is 2. The number of amides is 1. The van der Waals surface area contributed by atoms with E-state index in [1.807, 2.05) is 29.8 Å². The molecule has 0 saturated carbocycles. The fourth-order valence-electron chi connectivity index (χ4n) is 2.70. The third-order valence-corrected chi connectivity index (χ3v) is 5.33. The van der Waals surface area contributed by atoms with Gasteiger partial charge in [-0.1, -0.05) is 42.1 Å². The van der Waals surface area contributed by atoms with Crippen molar-refractivity contribution in [2.45, 2.75) is 24.9 Å². The molecule has 0 spiro atoms. The molecule has 28 heavy (non-hydrogen) atoms. The second-order valence-corrected chi connectivity index (χ2v) is 7.36. The summed E-state index contributed by atoms with van der Waals surface area (Å²) in [4.78, 5) is 23.5. The van der Waals surface area contributed by atoms with Crippen LogP contribution < -0.4 is 5.32 Å². The normalized spacial score (nSPS) is 10.6. The molecule has 0 saturated heterocycles. The summed E-state index contributed by atoms with van der Waals surface area (Å²) in [5.41, 5.74) is 2.54. The second-order valence-electron chi connectivity index (χ2n) is 6.41. The second kappa shape index (κ2) is 9.32. The molecule has 0 aliphatic heterocycles. The fraction of sp³-hybridized carbons (Fsp3) is 0.238. The van der Waals surface area contributed by atoms with Crippen LogP contribution in [0.25, 0.3) is 0 Å². The molecule has 0 bridgehead atoms. The van der Waals surface area contributed by atoms with Gasteiger partial charge in [0.2, 0.25) is 5.91 Å². The summed E-state index contributed by atoms with van der Waals surface area (Å²) < 4.78 is 1.93. The molecular weight excluding hydrogens is 372 g/mol. The molecule has 0 aliphatic carbocycles. The molecule has 1 aromatic heterocycles. The van der Waals surface area contributed by atoms with E-state index in [2.05, 4.69) is 27.6 Å². The summed E-state index contributed by atoms with van der Waals surface area (Å²) in [6, 6.07) is 17.1. The Hall–Kier alpha value is -2.93. The van der Waals surface area contributed by atoms with Gasteiger partial charge in [-0.15, -0.1) is 10.2 Å². The minimum atomic E-state index is -0.130. The largest absolute Gasteiger partial charge is 0.325 e. The third kappa shape index (κ3) is 5.29. The zero-order chi connectivity index (χ0) is 19.9. The molecule has 0 aliphatic rings. The van der Waals surface area contributed by atoms with Crippen molar-refractivity contribution in [2.24, 2.45) is 7.05 Å². The van der Waals surface area contributed by atoms with Crippen LogP contribution in [0.2, 0.25) is 0 Å². The van der Waals surface area contributed by atoms with Gasteiger partial charge in [0.1, 0.15) is 5.82 Å². The molecule has 0 fully saturated rings. The van der Waals surface area contributed by atoms with Gasteiger partial charge in [-0.05, 0) is 43.2 Å². The van der Waals surface area contributed by atoms with E-state index >= 15 is 0 Å². The highest BCUT2D eigenvalue weighted by Gasteiger charge is 2.12. The first-order valence-corrected chi connectivity index (χ1v) is 9.97. The van der Waals surface area contributed by atoms with Gasteiger partial charge >= 0.3 is 0 Å². The van der Waals surface area contributed by atoms with Crippen molar-refractivity contribution >= 4 is 29.1 Å². The van der Waals surface area contributed by atoms with Crippen molar-refractivity contribution in [1.82, 2.24) is 14.8 Å². The van der Waals surface area contributed by atoms with Crippen LogP contribution in [-0.2, 0) is 24.7 Å². The van der Waals surface area contributed by atoms with Crippen molar-refractivity contribution in [3.05, 3.63) is 71.5 Å². The van der Waals surface area contributed by atoms with Crippen LogP contribution in [-0.4, -0.2) is 32.2 Å². The summed E-state index contributed by atoms with van der Waals surface area (Å²) in [5, 5.41) is 12.0. The number of hydrogen-bond donors (Lipinski definition) is 1. The fourth-order valence-corrected chi connectivity index (χ4v) is 3.43. The summed E-state index contributed by atoms with van der Waals surface area (Å²) in [6.07, 6.45) is 1.69. The molecule has 1 amide bonds. The van der Waals surface area contributed by atoms with Gasteiger partial charge < -0.3 is 9.88 Å². The number of thioether (sulfide) groups is 1. The van der Waals surface area contributed by atoms with Crippen molar-refractivity contribution in [3.63, 3.8) is 0 Å².